The van der Waals surface area contributed by atoms with E-state index in [9.17, 15) is 16.8 Å². The van der Waals surface area contributed by atoms with Crippen molar-refractivity contribution in [1.29, 1.82) is 0 Å². The number of hydrogen-bond donors (Lipinski definition) is 1. The molecule has 0 aromatic heterocycles. The number of sulfonamides is 2. The molecule has 1 saturated heterocycles. The van der Waals surface area contributed by atoms with Crippen molar-refractivity contribution in [2.24, 2.45) is 0 Å². The van der Waals surface area contributed by atoms with Gasteiger partial charge in [0.2, 0.25) is 20.0 Å². The van der Waals surface area contributed by atoms with E-state index in [0.29, 0.717) is 26.3 Å². The molecule has 0 amide bonds. The number of aryl methyl sites for hydroxylation is 1. The summed E-state index contributed by atoms with van der Waals surface area (Å²) >= 11 is 0. The predicted molar refractivity (Wildman–Crippen MR) is 108 cm³/mol. The highest BCUT2D eigenvalue weighted by Crippen LogP contribution is 2.31. The third-order valence-electron chi connectivity index (χ3n) is 5.41. The Morgan fingerprint density at radius 1 is 0.897 bits per heavy atom. The van der Waals surface area contributed by atoms with Gasteiger partial charge in [-0.05, 0) is 54.7 Å². The van der Waals surface area contributed by atoms with Crippen molar-refractivity contribution in [2.75, 3.05) is 26.3 Å². The van der Waals surface area contributed by atoms with Gasteiger partial charge in [0.15, 0.2) is 0 Å². The van der Waals surface area contributed by atoms with Gasteiger partial charge in [-0.15, -0.1) is 0 Å². The topological polar surface area (TPSA) is 92.8 Å². The van der Waals surface area contributed by atoms with Gasteiger partial charge in [0, 0.05) is 19.1 Å². The van der Waals surface area contributed by atoms with Crippen LogP contribution in [0, 0.1) is 0 Å². The van der Waals surface area contributed by atoms with E-state index in [0.717, 1.165) is 24.8 Å². The van der Waals surface area contributed by atoms with Crippen LogP contribution in [-0.4, -0.2) is 47.4 Å². The Bertz CT molecular complexity index is 1080. The zero-order chi connectivity index (χ0) is 20.5. The number of morpholine rings is 1. The second kappa shape index (κ2) is 8.16. The summed E-state index contributed by atoms with van der Waals surface area (Å²) in [5.74, 6) is 0. The number of nitrogens with zero attached hydrogens (tertiary/aromatic N) is 1. The Labute approximate surface area is 171 Å². The second-order valence-corrected chi connectivity index (χ2v) is 10.9. The van der Waals surface area contributed by atoms with Crippen molar-refractivity contribution in [1.82, 2.24) is 9.03 Å². The van der Waals surface area contributed by atoms with E-state index in [1.807, 2.05) is 24.3 Å². The van der Waals surface area contributed by atoms with Crippen molar-refractivity contribution < 1.29 is 21.6 Å². The number of hydrogen-bond acceptors (Lipinski definition) is 5. The highest BCUT2D eigenvalue weighted by Gasteiger charge is 2.28. The van der Waals surface area contributed by atoms with Crippen LogP contribution in [0.4, 0.5) is 0 Å². The summed E-state index contributed by atoms with van der Waals surface area (Å²) in [5.41, 5.74) is 2.17. The highest BCUT2D eigenvalue weighted by atomic mass is 32.2. The van der Waals surface area contributed by atoms with Gasteiger partial charge in [0.1, 0.15) is 0 Å². The Morgan fingerprint density at radius 3 is 2.28 bits per heavy atom. The van der Waals surface area contributed by atoms with E-state index >= 15 is 0 Å². The van der Waals surface area contributed by atoms with Crippen LogP contribution in [0.3, 0.4) is 0 Å². The third kappa shape index (κ3) is 4.24. The molecular weight excluding hydrogens is 412 g/mol. The van der Waals surface area contributed by atoms with Gasteiger partial charge in [-0.1, -0.05) is 24.3 Å². The molecule has 1 aliphatic heterocycles. The summed E-state index contributed by atoms with van der Waals surface area (Å²) in [6, 6.07) is 13.0. The van der Waals surface area contributed by atoms with Gasteiger partial charge in [-0.2, -0.15) is 4.31 Å². The molecule has 1 heterocycles. The number of fused-ring (bicyclic) bond motifs is 1. The molecule has 2 aliphatic rings. The van der Waals surface area contributed by atoms with E-state index in [1.165, 1.54) is 34.1 Å². The number of nitrogens with one attached hydrogen (secondary N) is 1. The van der Waals surface area contributed by atoms with Crippen molar-refractivity contribution in [3.8, 4) is 0 Å². The first-order valence-corrected chi connectivity index (χ1v) is 12.6. The maximum atomic E-state index is 12.9. The molecule has 1 N–H and O–H groups in total. The molecule has 1 atom stereocenters. The van der Waals surface area contributed by atoms with Crippen LogP contribution in [-0.2, 0) is 31.2 Å². The molecule has 9 heteroatoms. The molecule has 7 nitrogen and oxygen atoms in total. The third-order valence-corrected chi connectivity index (χ3v) is 8.81. The average molecular weight is 437 g/mol. The van der Waals surface area contributed by atoms with E-state index in [1.54, 1.807) is 0 Å². The lowest BCUT2D eigenvalue weighted by Crippen LogP contribution is -2.40. The van der Waals surface area contributed by atoms with Crippen molar-refractivity contribution in [2.45, 2.75) is 35.1 Å². The standard InChI is InChI=1S/C20H24N2O5S2/c23-28(24,21-20-7-3-5-16-4-1-2-6-19(16)20)17-8-10-18(11-9-17)29(25,26)22-12-14-27-15-13-22/h1-2,4,6,8-11,20-21H,3,5,7,12-15H2/t20-/m1/s1. The minimum atomic E-state index is -3.77. The van der Waals surface area contributed by atoms with Crippen LogP contribution in [0.15, 0.2) is 58.3 Å². The summed E-state index contributed by atoms with van der Waals surface area (Å²) in [4.78, 5) is 0.142. The first-order chi connectivity index (χ1) is 13.9. The Balaban J connectivity index is 1.54. The lowest BCUT2D eigenvalue weighted by Gasteiger charge is -2.26. The summed E-state index contributed by atoms with van der Waals surface area (Å²) in [6.45, 7) is 1.31. The first kappa shape index (κ1) is 20.5. The summed E-state index contributed by atoms with van der Waals surface area (Å²) in [6.07, 6.45) is 2.60. The fraction of sp³-hybridized carbons (Fsp3) is 0.400. The molecule has 1 aliphatic carbocycles. The number of benzene rings is 2. The van der Waals surface area contributed by atoms with Crippen LogP contribution in [0.2, 0.25) is 0 Å². The van der Waals surface area contributed by atoms with Gasteiger partial charge in [-0.3, -0.25) is 0 Å². The highest BCUT2D eigenvalue weighted by molar-refractivity contribution is 7.89. The quantitative estimate of drug-likeness (QED) is 0.775. The average Bonchev–Trinajstić information content (AvgIpc) is 2.74. The minimum Gasteiger partial charge on any atom is -0.379 e. The normalized spacial score (nSPS) is 20.9. The van der Waals surface area contributed by atoms with Crippen LogP contribution in [0.1, 0.15) is 30.0 Å². The molecule has 0 radical (unpaired) electrons. The SMILES string of the molecule is O=S(=O)(N[C@@H]1CCCc2ccccc21)c1ccc(S(=O)(=O)N2CCOCC2)cc1. The fourth-order valence-corrected chi connectivity index (χ4v) is 6.52. The zero-order valence-corrected chi connectivity index (χ0v) is 17.6. The maximum Gasteiger partial charge on any atom is 0.243 e. The van der Waals surface area contributed by atoms with E-state index in [2.05, 4.69) is 4.72 Å². The minimum absolute atomic E-state index is 0.0569. The fourth-order valence-electron chi connectivity index (χ4n) is 3.86. The van der Waals surface area contributed by atoms with Crippen LogP contribution >= 0.6 is 0 Å². The maximum absolute atomic E-state index is 12.9. The Kier molecular flexibility index (Phi) is 5.76. The summed E-state index contributed by atoms with van der Waals surface area (Å²) < 4.78 is 60.5. The van der Waals surface area contributed by atoms with Crippen LogP contribution in [0.5, 0.6) is 0 Å². The molecule has 4 rings (SSSR count). The number of rotatable bonds is 5. The molecule has 2 aromatic rings. The summed E-state index contributed by atoms with van der Waals surface area (Å²) in [5, 5.41) is 0. The van der Waals surface area contributed by atoms with Crippen molar-refractivity contribution in [3.05, 3.63) is 59.7 Å². The second-order valence-electron chi connectivity index (χ2n) is 7.25. The van der Waals surface area contributed by atoms with Crippen LogP contribution < -0.4 is 4.72 Å². The van der Waals surface area contributed by atoms with E-state index in [4.69, 9.17) is 4.74 Å². The van der Waals surface area contributed by atoms with Gasteiger partial charge in [0.25, 0.3) is 0 Å². The molecule has 0 bridgehead atoms. The lowest BCUT2D eigenvalue weighted by molar-refractivity contribution is 0.0730. The van der Waals surface area contributed by atoms with Crippen molar-refractivity contribution >= 4 is 20.0 Å². The molecule has 0 spiro atoms. The monoisotopic (exact) mass is 436 g/mol. The molecule has 2 aromatic carbocycles. The summed E-state index contributed by atoms with van der Waals surface area (Å²) in [7, 11) is -7.42. The zero-order valence-electron chi connectivity index (χ0n) is 16.0. The molecule has 156 valence electrons. The number of ether oxygens (including phenoxy) is 1. The Hall–Kier alpha value is -1.78. The molecular formula is C20H24N2O5S2. The van der Waals surface area contributed by atoms with Gasteiger partial charge in [0.05, 0.1) is 23.0 Å². The molecule has 0 unspecified atom stereocenters. The van der Waals surface area contributed by atoms with Gasteiger partial charge < -0.3 is 4.74 Å². The smallest absolute Gasteiger partial charge is 0.243 e. The predicted octanol–water partition coefficient (Wildman–Crippen LogP) is 2.06. The van der Waals surface area contributed by atoms with E-state index < -0.39 is 20.0 Å². The largest absolute Gasteiger partial charge is 0.379 e. The van der Waals surface area contributed by atoms with Gasteiger partial charge >= 0.3 is 0 Å². The van der Waals surface area contributed by atoms with Gasteiger partial charge in [-0.25, -0.2) is 21.6 Å². The molecule has 29 heavy (non-hydrogen) atoms. The molecule has 0 saturated carbocycles. The lowest BCUT2D eigenvalue weighted by atomic mass is 9.88. The Morgan fingerprint density at radius 2 is 1.55 bits per heavy atom. The van der Waals surface area contributed by atoms with E-state index in [-0.39, 0.29) is 15.8 Å². The van der Waals surface area contributed by atoms with Crippen LogP contribution in [0.25, 0.3) is 0 Å². The first-order valence-electron chi connectivity index (χ1n) is 9.66. The molecule has 1 fully saturated rings. The van der Waals surface area contributed by atoms with Crippen molar-refractivity contribution in [3.63, 3.8) is 0 Å².